The van der Waals surface area contributed by atoms with Crippen LogP contribution in [0.15, 0.2) is 36.4 Å². The Morgan fingerprint density at radius 3 is 2.26 bits per heavy atom. The summed E-state index contributed by atoms with van der Waals surface area (Å²) in [4.78, 5) is 11.3. The van der Waals surface area contributed by atoms with Gasteiger partial charge in [-0.05, 0) is 53.8 Å². The van der Waals surface area contributed by atoms with E-state index in [1.165, 1.54) is 0 Å². The molecule has 1 unspecified atom stereocenters. The molecule has 0 fully saturated rings. The Kier molecular flexibility index (Phi) is 5.85. The van der Waals surface area contributed by atoms with Crippen molar-refractivity contribution in [2.45, 2.75) is 44.1 Å². The van der Waals surface area contributed by atoms with Gasteiger partial charge in [-0.3, -0.25) is 4.79 Å². The third-order valence-corrected chi connectivity index (χ3v) is 4.47. The molecular formula is C20H21F3O4. The number of carbonyl (C=O) groups is 1. The van der Waals surface area contributed by atoms with Crippen molar-refractivity contribution in [2.24, 2.45) is 0 Å². The Morgan fingerprint density at radius 2 is 1.63 bits per heavy atom. The maximum atomic E-state index is 14.0. The molecular weight excluding hydrogens is 361 g/mol. The van der Waals surface area contributed by atoms with Gasteiger partial charge in [-0.25, -0.2) is 13.2 Å². The van der Waals surface area contributed by atoms with Crippen molar-refractivity contribution in [3.63, 3.8) is 0 Å². The minimum absolute atomic E-state index is 0.169. The highest BCUT2D eigenvalue weighted by Crippen LogP contribution is 2.40. The van der Waals surface area contributed by atoms with Crippen molar-refractivity contribution in [3.8, 4) is 5.75 Å². The van der Waals surface area contributed by atoms with E-state index < -0.39 is 47.3 Å². The van der Waals surface area contributed by atoms with Gasteiger partial charge in [0.15, 0.2) is 0 Å². The van der Waals surface area contributed by atoms with Crippen molar-refractivity contribution >= 4 is 5.97 Å². The first kappa shape index (κ1) is 20.8. The minimum atomic E-state index is -1.96. The predicted molar refractivity (Wildman–Crippen MR) is 93.0 cm³/mol. The Balaban J connectivity index is 2.41. The molecule has 2 rings (SSSR count). The highest BCUT2D eigenvalue weighted by atomic mass is 19.1. The van der Waals surface area contributed by atoms with Gasteiger partial charge in [-0.1, -0.05) is 13.8 Å². The average molecular weight is 382 g/mol. The molecule has 2 aromatic carbocycles. The van der Waals surface area contributed by atoms with E-state index >= 15 is 0 Å². The number of benzene rings is 2. The van der Waals surface area contributed by atoms with Gasteiger partial charge < -0.3 is 15.3 Å². The zero-order valence-corrected chi connectivity index (χ0v) is 15.0. The molecule has 0 aromatic heterocycles. The molecule has 4 nitrogen and oxygen atoms in total. The third-order valence-electron chi connectivity index (χ3n) is 4.47. The first-order chi connectivity index (χ1) is 12.4. The highest BCUT2D eigenvalue weighted by molar-refractivity contribution is 5.68. The minimum Gasteiger partial charge on any atom is -0.508 e. The second-order valence-electron chi connectivity index (χ2n) is 7.43. The van der Waals surface area contributed by atoms with E-state index in [1.807, 2.05) is 0 Å². The van der Waals surface area contributed by atoms with Crippen LogP contribution >= 0.6 is 0 Å². The number of aliphatic carboxylic acids is 1. The Hall–Kier alpha value is -2.54. The first-order valence-corrected chi connectivity index (χ1v) is 8.29. The number of hydrogen-bond acceptors (Lipinski definition) is 3. The van der Waals surface area contributed by atoms with Crippen molar-refractivity contribution in [1.82, 2.24) is 0 Å². The van der Waals surface area contributed by atoms with Crippen LogP contribution in [0.1, 0.15) is 37.8 Å². The molecule has 7 heteroatoms. The number of rotatable bonds is 7. The van der Waals surface area contributed by atoms with Crippen LogP contribution in [0.25, 0.3) is 0 Å². The van der Waals surface area contributed by atoms with Crippen LogP contribution in [-0.4, -0.2) is 26.9 Å². The molecule has 0 heterocycles. The molecule has 146 valence electrons. The third kappa shape index (κ3) is 5.23. The number of halogens is 3. The standard InChI is InChI=1S/C20H21F3O4/c1-19(2,15-8-14(22)4-6-17(15)24)11-20(27,10-18(25)26)9-12-7-13(21)3-5-16(12)23/h3-8,24,27H,9-11H2,1-2H3,(H,25,26). The molecule has 0 aliphatic heterocycles. The Bertz CT molecular complexity index is 851. The molecule has 0 amide bonds. The lowest BCUT2D eigenvalue weighted by Gasteiger charge is -2.36. The quantitative estimate of drug-likeness (QED) is 0.678. The van der Waals surface area contributed by atoms with E-state index in [4.69, 9.17) is 0 Å². The van der Waals surface area contributed by atoms with E-state index in [1.54, 1.807) is 13.8 Å². The molecule has 27 heavy (non-hydrogen) atoms. The Labute approximate surface area is 154 Å². The predicted octanol–water partition coefficient (Wildman–Crippen LogP) is 3.93. The molecule has 1 atom stereocenters. The van der Waals surface area contributed by atoms with Crippen molar-refractivity contribution in [2.75, 3.05) is 0 Å². The second kappa shape index (κ2) is 7.60. The zero-order valence-electron chi connectivity index (χ0n) is 15.0. The van der Waals surface area contributed by atoms with Crippen LogP contribution in [0.5, 0.6) is 5.75 Å². The van der Waals surface area contributed by atoms with E-state index in [9.17, 15) is 33.3 Å². The van der Waals surface area contributed by atoms with Crippen molar-refractivity contribution in [1.29, 1.82) is 0 Å². The lowest BCUT2D eigenvalue weighted by Crippen LogP contribution is -2.41. The molecule has 0 aliphatic rings. The summed E-state index contributed by atoms with van der Waals surface area (Å²) < 4.78 is 41.0. The Morgan fingerprint density at radius 1 is 1.04 bits per heavy atom. The van der Waals surface area contributed by atoms with Gasteiger partial charge in [-0.15, -0.1) is 0 Å². The number of aromatic hydroxyl groups is 1. The summed E-state index contributed by atoms with van der Waals surface area (Å²) in [5, 5.41) is 30.2. The van der Waals surface area contributed by atoms with Crippen LogP contribution in [0.2, 0.25) is 0 Å². The van der Waals surface area contributed by atoms with E-state index in [2.05, 4.69) is 0 Å². The molecule has 0 spiro atoms. The van der Waals surface area contributed by atoms with Crippen LogP contribution in [0.4, 0.5) is 13.2 Å². The fourth-order valence-electron chi connectivity index (χ4n) is 3.47. The first-order valence-electron chi connectivity index (χ1n) is 8.29. The monoisotopic (exact) mass is 382 g/mol. The molecule has 0 saturated heterocycles. The molecule has 0 radical (unpaired) electrons. The number of aliphatic hydroxyl groups is 1. The van der Waals surface area contributed by atoms with Gasteiger partial charge in [0.2, 0.25) is 0 Å². The summed E-state index contributed by atoms with van der Waals surface area (Å²) >= 11 is 0. The highest BCUT2D eigenvalue weighted by Gasteiger charge is 2.39. The SMILES string of the molecule is CC(C)(CC(O)(CC(=O)O)Cc1cc(F)ccc1F)c1cc(F)ccc1O. The van der Waals surface area contributed by atoms with Crippen LogP contribution in [-0.2, 0) is 16.6 Å². The summed E-state index contributed by atoms with van der Waals surface area (Å²) in [5.74, 6) is -3.63. The lowest BCUT2D eigenvalue weighted by molar-refractivity contribution is -0.143. The summed E-state index contributed by atoms with van der Waals surface area (Å²) in [6.45, 7) is 3.19. The summed E-state index contributed by atoms with van der Waals surface area (Å²) in [6, 6.07) is 6.04. The number of phenols is 1. The number of phenolic OH excluding ortho intramolecular Hbond substituents is 1. The zero-order chi connectivity index (χ0) is 20.4. The van der Waals surface area contributed by atoms with Gasteiger partial charge in [-0.2, -0.15) is 0 Å². The molecule has 0 aliphatic carbocycles. The summed E-state index contributed by atoms with van der Waals surface area (Å²) in [6.07, 6.45) is -1.43. The van der Waals surface area contributed by atoms with Crippen molar-refractivity contribution in [3.05, 3.63) is 65.0 Å². The topological polar surface area (TPSA) is 77.8 Å². The van der Waals surface area contributed by atoms with E-state index in [0.717, 1.165) is 36.4 Å². The number of hydrogen-bond donors (Lipinski definition) is 3. The molecule has 0 bridgehead atoms. The number of carboxylic acid groups (broad SMARTS) is 1. The van der Waals surface area contributed by atoms with E-state index in [0.29, 0.717) is 0 Å². The van der Waals surface area contributed by atoms with Gasteiger partial charge in [0.25, 0.3) is 0 Å². The summed E-state index contributed by atoms with van der Waals surface area (Å²) in [7, 11) is 0. The van der Waals surface area contributed by atoms with E-state index in [-0.39, 0.29) is 23.3 Å². The summed E-state index contributed by atoms with van der Waals surface area (Å²) in [5.41, 5.74) is -3.01. The van der Waals surface area contributed by atoms with Gasteiger partial charge in [0.05, 0.1) is 12.0 Å². The van der Waals surface area contributed by atoms with Crippen molar-refractivity contribution < 1.29 is 33.3 Å². The van der Waals surface area contributed by atoms with Crippen LogP contribution in [0, 0.1) is 17.5 Å². The van der Waals surface area contributed by atoms with Crippen LogP contribution < -0.4 is 0 Å². The second-order valence-corrected chi connectivity index (χ2v) is 7.43. The smallest absolute Gasteiger partial charge is 0.306 e. The molecule has 0 saturated carbocycles. The maximum Gasteiger partial charge on any atom is 0.306 e. The average Bonchev–Trinajstić information content (AvgIpc) is 2.51. The van der Waals surface area contributed by atoms with Gasteiger partial charge in [0, 0.05) is 12.0 Å². The maximum absolute atomic E-state index is 14.0. The molecule has 2 aromatic rings. The largest absolute Gasteiger partial charge is 0.508 e. The van der Waals surface area contributed by atoms with Gasteiger partial charge in [0.1, 0.15) is 23.2 Å². The van der Waals surface area contributed by atoms with Crippen LogP contribution in [0.3, 0.4) is 0 Å². The number of carboxylic acids is 1. The fourth-order valence-corrected chi connectivity index (χ4v) is 3.47. The molecule has 3 N–H and O–H groups in total. The fraction of sp³-hybridized carbons (Fsp3) is 0.350. The normalized spacial score (nSPS) is 14.0. The lowest BCUT2D eigenvalue weighted by atomic mass is 9.72. The van der Waals surface area contributed by atoms with Gasteiger partial charge >= 0.3 is 5.97 Å².